The van der Waals surface area contributed by atoms with Gasteiger partial charge in [0.25, 0.3) is 0 Å². The molecule has 0 aliphatic heterocycles. The molecule has 0 saturated heterocycles. The van der Waals surface area contributed by atoms with E-state index in [1.54, 1.807) is 14.2 Å². The smallest absolute Gasteiger partial charge is 0.169 e. The summed E-state index contributed by atoms with van der Waals surface area (Å²) in [5, 5.41) is 3.96. The molecular weight excluding hydrogens is 388 g/mol. The lowest BCUT2D eigenvalue weighted by Crippen LogP contribution is -2.36. The van der Waals surface area contributed by atoms with Crippen LogP contribution in [0.2, 0.25) is 0 Å². The number of rotatable bonds is 6. The van der Waals surface area contributed by atoms with E-state index in [0.717, 1.165) is 27.1 Å². The highest BCUT2D eigenvalue weighted by Crippen LogP contribution is 2.24. The Morgan fingerprint density at radius 2 is 1.83 bits per heavy atom. The standard InChI is InChI=1S/C18H21BrN2O2S/c1-21(12-14-10-15(19)6-9-17(14)23-3)18(24)20-11-13-4-7-16(22-2)8-5-13/h4-10H,11-12H2,1-3H3,(H,20,24). The van der Waals surface area contributed by atoms with Gasteiger partial charge in [0, 0.05) is 30.2 Å². The average molecular weight is 409 g/mol. The van der Waals surface area contributed by atoms with E-state index in [9.17, 15) is 0 Å². The van der Waals surface area contributed by atoms with Crippen molar-refractivity contribution in [1.82, 2.24) is 10.2 Å². The second-order valence-corrected chi connectivity index (χ2v) is 6.62. The van der Waals surface area contributed by atoms with Gasteiger partial charge in [0.15, 0.2) is 5.11 Å². The number of thiocarbonyl (C=S) groups is 1. The van der Waals surface area contributed by atoms with Gasteiger partial charge in [0.05, 0.1) is 14.2 Å². The molecule has 6 heteroatoms. The molecule has 1 N–H and O–H groups in total. The van der Waals surface area contributed by atoms with Gasteiger partial charge in [-0.2, -0.15) is 0 Å². The van der Waals surface area contributed by atoms with E-state index in [0.29, 0.717) is 18.2 Å². The van der Waals surface area contributed by atoms with Gasteiger partial charge in [-0.1, -0.05) is 28.1 Å². The first-order chi connectivity index (χ1) is 11.5. The second-order valence-electron chi connectivity index (χ2n) is 5.32. The summed E-state index contributed by atoms with van der Waals surface area (Å²) >= 11 is 8.97. The number of benzene rings is 2. The largest absolute Gasteiger partial charge is 0.497 e. The Labute approximate surface area is 156 Å². The molecule has 0 aromatic heterocycles. The third-order valence-corrected chi connectivity index (χ3v) is 4.55. The van der Waals surface area contributed by atoms with Crippen molar-refractivity contribution in [3.63, 3.8) is 0 Å². The van der Waals surface area contributed by atoms with Gasteiger partial charge in [-0.15, -0.1) is 0 Å². The van der Waals surface area contributed by atoms with Crippen LogP contribution >= 0.6 is 28.1 Å². The monoisotopic (exact) mass is 408 g/mol. The maximum atomic E-state index is 5.47. The minimum Gasteiger partial charge on any atom is -0.497 e. The van der Waals surface area contributed by atoms with Crippen LogP contribution in [0.25, 0.3) is 0 Å². The summed E-state index contributed by atoms with van der Waals surface area (Å²) in [6, 6.07) is 13.9. The summed E-state index contributed by atoms with van der Waals surface area (Å²) in [4.78, 5) is 1.99. The van der Waals surface area contributed by atoms with Crippen molar-refractivity contribution < 1.29 is 9.47 Å². The van der Waals surface area contributed by atoms with Gasteiger partial charge >= 0.3 is 0 Å². The molecule has 0 bridgehead atoms. The Morgan fingerprint density at radius 1 is 1.12 bits per heavy atom. The van der Waals surface area contributed by atoms with Crippen LogP contribution in [-0.4, -0.2) is 31.3 Å². The van der Waals surface area contributed by atoms with Crippen molar-refractivity contribution in [2.75, 3.05) is 21.3 Å². The van der Waals surface area contributed by atoms with Crippen LogP contribution in [0.4, 0.5) is 0 Å². The summed E-state index contributed by atoms with van der Waals surface area (Å²) in [5.41, 5.74) is 2.22. The summed E-state index contributed by atoms with van der Waals surface area (Å²) in [6.07, 6.45) is 0. The quantitative estimate of drug-likeness (QED) is 0.731. The second kappa shape index (κ2) is 8.89. The first-order valence-corrected chi connectivity index (χ1v) is 8.68. The number of halogens is 1. The zero-order valence-corrected chi connectivity index (χ0v) is 16.4. The number of hydrogen-bond donors (Lipinski definition) is 1. The molecule has 0 fully saturated rings. The zero-order chi connectivity index (χ0) is 17.5. The lowest BCUT2D eigenvalue weighted by atomic mass is 10.2. The number of hydrogen-bond acceptors (Lipinski definition) is 3. The Kier molecular flexibility index (Phi) is 6.87. The van der Waals surface area contributed by atoms with E-state index in [1.807, 2.05) is 54.4 Å². The molecule has 24 heavy (non-hydrogen) atoms. The van der Waals surface area contributed by atoms with Crippen LogP contribution in [0.1, 0.15) is 11.1 Å². The molecule has 0 aliphatic rings. The Hall–Kier alpha value is -1.79. The van der Waals surface area contributed by atoms with Crippen molar-refractivity contribution >= 4 is 33.3 Å². The van der Waals surface area contributed by atoms with Crippen molar-refractivity contribution in [3.05, 3.63) is 58.1 Å². The molecule has 0 spiro atoms. The number of nitrogens with one attached hydrogen (secondary N) is 1. The van der Waals surface area contributed by atoms with Crippen molar-refractivity contribution in [2.24, 2.45) is 0 Å². The zero-order valence-electron chi connectivity index (χ0n) is 14.0. The highest BCUT2D eigenvalue weighted by Gasteiger charge is 2.10. The lowest BCUT2D eigenvalue weighted by molar-refractivity contribution is 0.397. The highest BCUT2D eigenvalue weighted by atomic mass is 79.9. The summed E-state index contributed by atoms with van der Waals surface area (Å²) in [7, 11) is 5.30. The van der Waals surface area contributed by atoms with Gasteiger partial charge in [0.2, 0.25) is 0 Å². The van der Waals surface area contributed by atoms with Crippen LogP contribution in [0.3, 0.4) is 0 Å². The molecule has 0 amide bonds. The third-order valence-electron chi connectivity index (χ3n) is 3.60. The van der Waals surface area contributed by atoms with Crippen LogP contribution in [0, 0.1) is 0 Å². The third kappa shape index (κ3) is 5.11. The van der Waals surface area contributed by atoms with E-state index in [4.69, 9.17) is 21.7 Å². The Bertz CT molecular complexity index is 692. The normalized spacial score (nSPS) is 10.2. The maximum absolute atomic E-state index is 5.47. The predicted octanol–water partition coefficient (Wildman–Crippen LogP) is 3.97. The number of nitrogens with zero attached hydrogens (tertiary/aromatic N) is 1. The first-order valence-electron chi connectivity index (χ1n) is 7.47. The molecule has 0 unspecified atom stereocenters. The predicted molar refractivity (Wildman–Crippen MR) is 105 cm³/mol. The summed E-state index contributed by atoms with van der Waals surface area (Å²) in [6.45, 7) is 1.33. The fourth-order valence-electron chi connectivity index (χ4n) is 2.25. The highest BCUT2D eigenvalue weighted by molar-refractivity contribution is 9.10. The van der Waals surface area contributed by atoms with Gasteiger partial charge in [0.1, 0.15) is 11.5 Å². The van der Waals surface area contributed by atoms with E-state index in [1.165, 1.54) is 0 Å². The molecule has 0 saturated carbocycles. The molecule has 0 heterocycles. The molecule has 128 valence electrons. The van der Waals surface area contributed by atoms with Gasteiger partial charge < -0.3 is 19.7 Å². The van der Waals surface area contributed by atoms with Crippen LogP contribution in [-0.2, 0) is 13.1 Å². The SMILES string of the molecule is COc1ccc(CNC(=S)N(C)Cc2cc(Br)ccc2OC)cc1. The minimum absolute atomic E-state index is 0.664. The molecule has 2 aromatic rings. The van der Waals surface area contributed by atoms with Crippen molar-refractivity contribution in [3.8, 4) is 11.5 Å². The van der Waals surface area contributed by atoms with Gasteiger partial charge in [-0.05, 0) is 48.1 Å². The first kappa shape index (κ1) is 18.5. The van der Waals surface area contributed by atoms with Crippen LogP contribution in [0.5, 0.6) is 11.5 Å². The fraction of sp³-hybridized carbons (Fsp3) is 0.278. The summed E-state index contributed by atoms with van der Waals surface area (Å²) < 4.78 is 11.6. The molecule has 2 rings (SSSR count). The average Bonchev–Trinajstić information content (AvgIpc) is 2.60. The van der Waals surface area contributed by atoms with Crippen molar-refractivity contribution in [2.45, 2.75) is 13.1 Å². The van der Waals surface area contributed by atoms with E-state index >= 15 is 0 Å². The maximum Gasteiger partial charge on any atom is 0.169 e. The Morgan fingerprint density at radius 3 is 2.46 bits per heavy atom. The molecular formula is C18H21BrN2O2S. The Balaban J connectivity index is 1.93. The van der Waals surface area contributed by atoms with Gasteiger partial charge in [-0.3, -0.25) is 0 Å². The molecule has 2 aromatic carbocycles. The lowest BCUT2D eigenvalue weighted by Gasteiger charge is -2.22. The van der Waals surface area contributed by atoms with E-state index < -0.39 is 0 Å². The molecule has 0 atom stereocenters. The van der Waals surface area contributed by atoms with Crippen LogP contribution in [0.15, 0.2) is 46.9 Å². The fourth-order valence-corrected chi connectivity index (χ4v) is 2.80. The molecule has 4 nitrogen and oxygen atoms in total. The summed E-state index contributed by atoms with van der Waals surface area (Å²) in [5.74, 6) is 1.70. The molecule has 0 radical (unpaired) electrons. The molecule has 0 aliphatic carbocycles. The van der Waals surface area contributed by atoms with E-state index in [-0.39, 0.29) is 0 Å². The van der Waals surface area contributed by atoms with Crippen molar-refractivity contribution in [1.29, 1.82) is 0 Å². The van der Waals surface area contributed by atoms with Gasteiger partial charge in [-0.25, -0.2) is 0 Å². The number of ether oxygens (including phenoxy) is 2. The topological polar surface area (TPSA) is 33.7 Å². The minimum atomic E-state index is 0.664. The van der Waals surface area contributed by atoms with Crippen LogP contribution < -0.4 is 14.8 Å². The van der Waals surface area contributed by atoms with E-state index in [2.05, 4.69) is 21.2 Å². The number of methoxy groups -OCH3 is 2.